The minimum Gasteiger partial charge on any atom is -0.481 e. The van der Waals surface area contributed by atoms with Gasteiger partial charge in [-0.15, -0.1) is 0 Å². The van der Waals surface area contributed by atoms with Gasteiger partial charge in [0.1, 0.15) is 0 Å². The highest BCUT2D eigenvalue weighted by Gasteiger charge is 2.17. The smallest absolute Gasteiger partial charge is 0.305 e. The minimum absolute atomic E-state index is 0.00868. The quantitative estimate of drug-likeness (QED) is 0.740. The van der Waals surface area contributed by atoms with Crippen molar-refractivity contribution < 1.29 is 9.90 Å². The first-order valence-electron chi connectivity index (χ1n) is 5.14. The normalized spacial score (nSPS) is 13.1. The van der Waals surface area contributed by atoms with E-state index in [1.165, 1.54) is 6.42 Å². The second kappa shape index (κ2) is 6.82. The topological polar surface area (TPSA) is 63.3 Å². The van der Waals surface area contributed by atoms with E-state index < -0.39 is 5.97 Å². The molecule has 0 aromatic heterocycles. The van der Waals surface area contributed by atoms with Gasteiger partial charge in [-0.05, 0) is 19.8 Å². The summed E-state index contributed by atoms with van der Waals surface area (Å²) in [6.45, 7) is 11.8. The fourth-order valence-electron chi connectivity index (χ4n) is 0.526. The number of carboxylic acids is 1. The van der Waals surface area contributed by atoms with Gasteiger partial charge in [0.15, 0.2) is 0 Å². The summed E-state index contributed by atoms with van der Waals surface area (Å²) in [5.41, 5.74) is 5.80. The number of carboxylic acid groups (broad SMARTS) is 1. The van der Waals surface area contributed by atoms with E-state index in [2.05, 4.69) is 27.7 Å². The zero-order valence-electron chi connectivity index (χ0n) is 10.3. The third kappa shape index (κ3) is 9.52. The van der Waals surface area contributed by atoms with Crippen LogP contribution in [0.4, 0.5) is 0 Å². The van der Waals surface area contributed by atoms with Gasteiger partial charge in [0.05, 0.1) is 5.92 Å². The third-order valence-corrected chi connectivity index (χ3v) is 2.38. The van der Waals surface area contributed by atoms with Crippen LogP contribution in [-0.2, 0) is 4.79 Å². The fourth-order valence-corrected chi connectivity index (χ4v) is 0.526. The van der Waals surface area contributed by atoms with Crippen molar-refractivity contribution in [2.24, 2.45) is 17.6 Å². The molecule has 0 aromatic carbocycles. The zero-order chi connectivity index (χ0) is 11.9. The van der Waals surface area contributed by atoms with Crippen LogP contribution in [0.5, 0.6) is 0 Å². The predicted octanol–water partition coefficient (Wildman–Crippen LogP) is 2.50. The van der Waals surface area contributed by atoms with E-state index in [9.17, 15) is 4.79 Å². The van der Waals surface area contributed by atoms with Gasteiger partial charge >= 0.3 is 5.97 Å². The monoisotopic (exact) mass is 203 g/mol. The van der Waals surface area contributed by atoms with E-state index in [0.29, 0.717) is 5.92 Å². The molecule has 0 fully saturated rings. The molecule has 0 saturated carbocycles. The van der Waals surface area contributed by atoms with Crippen molar-refractivity contribution in [3.63, 3.8) is 0 Å². The molecule has 0 saturated heterocycles. The summed E-state index contributed by atoms with van der Waals surface area (Å²) < 4.78 is 0. The van der Waals surface area contributed by atoms with Gasteiger partial charge in [0.25, 0.3) is 0 Å². The maximum atomic E-state index is 9.70. The van der Waals surface area contributed by atoms with Crippen molar-refractivity contribution in [2.45, 2.75) is 53.5 Å². The summed E-state index contributed by atoms with van der Waals surface area (Å²) >= 11 is 0. The molecule has 0 aliphatic carbocycles. The van der Waals surface area contributed by atoms with Crippen LogP contribution in [0.25, 0.3) is 0 Å². The molecule has 3 nitrogen and oxygen atoms in total. The first kappa shape index (κ1) is 15.9. The molecule has 0 aromatic rings. The van der Waals surface area contributed by atoms with Gasteiger partial charge in [0, 0.05) is 5.54 Å². The molecular weight excluding hydrogens is 178 g/mol. The molecule has 0 heterocycles. The van der Waals surface area contributed by atoms with Crippen LogP contribution in [0.2, 0.25) is 0 Å². The predicted molar refractivity (Wildman–Crippen MR) is 60.2 cm³/mol. The number of rotatable bonds is 3. The maximum absolute atomic E-state index is 9.70. The Hall–Kier alpha value is -0.570. The number of nitrogens with two attached hydrogens (primary N) is 1. The maximum Gasteiger partial charge on any atom is 0.305 e. The van der Waals surface area contributed by atoms with E-state index >= 15 is 0 Å². The standard InChI is InChI=1S/C7H17N.C4H8O2/c1-5-6(2)7(3,4)8;1-3(2)4(5)6/h6H,5,8H2,1-4H3;3H,1-2H3,(H,5,6). The molecule has 3 heteroatoms. The van der Waals surface area contributed by atoms with Crippen molar-refractivity contribution in [3.8, 4) is 0 Å². The Bertz CT molecular complexity index is 159. The molecule has 3 N–H and O–H groups in total. The van der Waals surface area contributed by atoms with Crippen LogP contribution in [0.15, 0.2) is 0 Å². The zero-order valence-corrected chi connectivity index (χ0v) is 10.3. The van der Waals surface area contributed by atoms with E-state index in [-0.39, 0.29) is 11.5 Å². The van der Waals surface area contributed by atoms with Crippen molar-refractivity contribution in [3.05, 3.63) is 0 Å². The van der Waals surface area contributed by atoms with Crippen LogP contribution >= 0.6 is 0 Å². The molecule has 0 radical (unpaired) electrons. The summed E-state index contributed by atoms with van der Waals surface area (Å²) in [5.74, 6) is -0.345. The van der Waals surface area contributed by atoms with E-state index in [1.54, 1.807) is 13.8 Å². The highest BCUT2D eigenvalue weighted by molar-refractivity contribution is 5.68. The Morgan fingerprint density at radius 2 is 1.64 bits per heavy atom. The summed E-state index contributed by atoms with van der Waals surface area (Å²) in [5, 5.41) is 7.99. The first-order valence-corrected chi connectivity index (χ1v) is 5.14. The molecule has 0 amide bonds. The molecular formula is C11H25NO2. The Kier molecular flexibility index (Phi) is 7.74. The molecule has 0 spiro atoms. The lowest BCUT2D eigenvalue weighted by Gasteiger charge is -2.25. The summed E-state index contributed by atoms with van der Waals surface area (Å²) in [6.07, 6.45) is 1.17. The summed E-state index contributed by atoms with van der Waals surface area (Å²) in [4.78, 5) is 9.70. The Morgan fingerprint density at radius 1 is 1.36 bits per heavy atom. The van der Waals surface area contributed by atoms with Gasteiger partial charge in [-0.25, -0.2) is 0 Å². The van der Waals surface area contributed by atoms with E-state index in [1.807, 2.05) is 0 Å². The van der Waals surface area contributed by atoms with Crippen LogP contribution < -0.4 is 5.73 Å². The molecule has 0 rings (SSSR count). The number of carbonyl (C=O) groups is 1. The van der Waals surface area contributed by atoms with Crippen LogP contribution in [-0.4, -0.2) is 16.6 Å². The lowest BCUT2D eigenvalue weighted by Crippen LogP contribution is -2.38. The third-order valence-electron chi connectivity index (χ3n) is 2.38. The van der Waals surface area contributed by atoms with Gasteiger partial charge in [-0.1, -0.05) is 34.1 Å². The average Bonchev–Trinajstić information content (AvgIpc) is 2.02. The van der Waals surface area contributed by atoms with Gasteiger partial charge in [0.2, 0.25) is 0 Å². The SMILES string of the molecule is CC(C)C(=O)O.CCC(C)C(C)(C)N. The van der Waals surface area contributed by atoms with Gasteiger partial charge in [-0.2, -0.15) is 0 Å². The lowest BCUT2D eigenvalue weighted by molar-refractivity contribution is -0.140. The first-order chi connectivity index (χ1) is 6.12. The van der Waals surface area contributed by atoms with E-state index in [0.717, 1.165) is 0 Å². The summed E-state index contributed by atoms with van der Waals surface area (Å²) in [7, 11) is 0. The average molecular weight is 203 g/mol. The number of hydrogen-bond acceptors (Lipinski definition) is 2. The van der Waals surface area contributed by atoms with Crippen LogP contribution in [0.3, 0.4) is 0 Å². The van der Waals surface area contributed by atoms with Gasteiger partial charge < -0.3 is 10.8 Å². The second-order valence-corrected chi connectivity index (χ2v) is 4.62. The Morgan fingerprint density at radius 3 is 1.64 bits per heavy atom. The lowest BCUT2D eigenvalue weighted by atomic mass is 9.88. The largest absolute Gasteiger partial charge is 0.481 e. The van der Waals surface area contributed by atoms with Crippen molar-refractivity contribution in [1.29, 1.82) is 0 Å². The Labute approximate surface area is 87.7 Å². The molecule has 0 bridgehead atoms. The van der Waals surface area contributed by atoms with Crippen LogP contribution in [0.1, 0.15) is 48.0 Å². The molecule has 14 heavy (non-hydrogen) atoms. The molecule has 86 valence electrons. The van der Waals surface area contributed by atoms with E-state index in [4.69, 9.17) is 10.8 Å². The van der Waals surface area contributed by atoms with Crippen LogP contribution in [0, 0.1) is 11.8 Å². The highest BCUT2D eigenvalue weighted by atomic mass is 16.4. The minimum atomic E-state index is -0.741. The van der Waals surface area contributed by atoms with Crippen molar-refractivity contribution in [1.82, 2.24) is 0 Å². The summed E-state index contributed by atoms with van der Waals surface area (Å²) in [6, 6.07) is 0. The highest BCUT2D eigenvalue weighted by Crippen LogP contribution is 2.15. The Balaban J connectivity index is 0. The number of aliphatic carboxylic acids is 1. The molecule has 1 atom stereocenters. The number of hydrogen-bond donors (Lipinski definition) is 2. The van der Waals surface area contributed by atoms with Gasteiger partial charge in [-0.3, -0.25) is 4.79 Å². The van der Waals surface area contributed by atoms with Crippen molar-refractivity contribution >= 4 is 5.97 Å². The molecule has 0 aliphatic heterocycles. The van der Waals surface area contributed by atoms with Crippen molar-refractivity contribution in [2.75, 3.05) is 0 Å². The fraction of sp³-hybridized carbons (Fsp3) is 0.909. The second-order valence-electron chi connectivity index (χ2n) is 4.62. The molecule has 1 unspecified atom stereocenters. The molecule has 0 aliphatic rings.